The number of halogens is 4. The Morgan fingerprint density at radius 1 is 1.20 bits per heavy atom. The number of carbonyl (C=O) groups is 1. The van der Waals surface area contributed by atoms with Gasteiger partial charge in [0.2, 0.25) is 18.3 Å². The molecule has 0 spiro atoms. The number of fused-ring (bicyclic) bond motifs is 1. The first kappa shape index (κ1) is 24.6. The lowest BCUT2D eigenvalue weighted by Gasteiger charge is -2.21. The maximum atomic E-state index is 13.1. The SMILES string of the molecule is COc1c(Br)c(C2ON=C(C(=O)NN=Cc3ccccc3C(F)(F)F)C2C)c(OC)c2c1OCO2. The molecule has 0 saturated carbocycles. The van der Waals surface area contributed by atoms with E-state index in [1.54, 1.807) is 6.92 Å². The molecule has 2 aromatic rings. The van der Waals surface area contributed by atoms with Crippen molar-refractivity contribution in [3.05, 3.63) is 45.4 Å². The fraction of sp³-hybridized carbons (Fsp3) is 0.318. The number of alkyl halides is 3. The molecule has 35 heavy (non-hydrogen) atoms. The number of nitrogens with one attached hydrogen (secondary N) is 1. The Balaban J connectivity index is 1.55. The van der Waals surface area contributed by atoms with Gasteiger partial charge in [-0.2, -0.15) is 18.3 Å². The molecule has 2 aromatic carbocycles. The molecular formula is C22H19BrF3N3O6. The Hall–Kier alpha value is -3.48. The predicted molar refractivity (Wildman–Crippen MR) is 121 cm³/mol. The van der Waals surface area contributed by atoms with Crippen LogP contribution in [0.1, 0.15) is 29.7 Å². The van der Waals surface area contributed by atoms with Gasteiger partial charge in [-0.1, -0.05) is 30.3 Å². The number of hydrazone groups is 1. The highest BCUT2D eigenvalue weighted by atomic mass is 79.9. The zero-order valence-electron chi connectivity index (χ0n) is 18.6. The molecule has 2 atom stereocenters. The van der Waals surface area contributed by atoms with E-state index >= 15 is 0 Å². The second-order valence-electron chi connectivity index (χ2n) is 7.43. The van der Waals surface area contributed by atoms with Crippen LogP contribution < -0.4 is 24.4 Å². The van der Waals surface area contributed by atoms with Gasteiger partial charge >= 0.3 is 6.18 Å². The molecule has 0 aromatic heterocycles. The van der Waals surface area contributed by atoms with Gasteiger partial charge in [0.15, 0.2) is 23.3 Å². The molecule has 0 aliphatic carbocycles. The number of carbonyl (C=O) groups excluding carboxylic acids is 1. The minimum Gasteiger partial charge on any atom is -0.492 e. The third-order valence-electron chi connectivity index (χ3n) is 5.42. The number of oxime groups is 1. The quantitative estimate of drug-likeness (QED) is 0.416. The first-order valence-electron chi connectivity index (χ1n) is 10.1. The molecule has 0 radical (unpaired) electrons. The average Bonchev–Trinajstić information content (AvgIpc) is 3.45. The van der Waals surface area contributed by atoms with Crippen molar-refractivity contribution < 1.29 is 41.8 Å². The van der Waals surface area contributed by atoms with Gasteiger partial charge in [0.25, 0.3) is 5.91 Å². The van der Waals surface area contributed by atoms with Crippen LogP contribution in [0.25, 0.3) is 0 Å². The van der Waals surface area contributed by atoms with Crippen LogP contribution in [-0.4, -0.2) is 38.8 Å². The van der Waals surface area contributed by atoms with Gasteiger partial charge in [0.1, 0.15) is 0 Å². The molecule has 2 unspecified atom stereocenters. The van der Waals surface area contributed by atoms with Crippen molar-refractivity contribution in [3.8, 4) is 23.0 Å². The van der Waals surface area contributed by atoms with Gasteiger partial charge in [0, 0.05) is 5.56 Å². The van der Waals surface area contributed by atoms with Gasteiger partial charge in [-0.15, -0.1) is 0 Å². The summed E-state index contributed by atoms with van der Waals surface area (Å²) < 4.78 is 61.9. The zero-order chi connectivity index (χ0) is 25.3. The van der Waals surface area contributed by atoms with Crippen molar-refractivity contribution in [2.24, 2.45) is 16.2 Å². The van der Waals surface area contributed by atoms with Gasteiger partial charge in [-0.3, -0.25) is 4.79 Å². The van der Waals surface area contributed by atoms with Crippen LogP contribution >= 0.6 is 15.9 Å². The van der Waals surface area contributed by atoms with Crippen molar-refractivity contribution in [3.63, 3.8) is 0 Å². The van der Waals surface area contributed by atoms with E-state index in [2.05, 4.69) is 31.6 Å². The highest BCUT2D eigenvalue weighted by Crippen LogP contribution is 2.57. The van der Waals surface area contributed by atoms with E-state index in [0.29, 0.717) is 33.0 Å². The van der Waals surface area contributed by atoms with Crippen LogP contribution in [0.5, 0.6) is 23.0 Å². The molecule has 0 bridgehead atoms. The topological polar surface area (TPSA) is 100.0 Å². The van der Waals surface area contributed by atoms with Crippen molar-refractivity contribution in [2.45, 2.75) is 19.2 Å². The Morgan fingerprint density at radius 2 is 1.86 bits per heavy atom. The van der Waals surface area contributed by atoms with E-state index in [-0.39, 0.29) is 18.1 Å². The lowest BCUT2D eigenvalue weighted by atomic mass is 9.92. The Morgan fingerprint density at radius 3 is 2.51 bits per heavy atom. The molecule has 1 N–H and O–H groups in total. The molecule has 0 fully saturated rings. The molecule has 4 rings (SSSR count). The normalized spacial score (nSPS) is 18.9. The molecule has 1 amide bonds. The lowest BCUT2D eigenvalue weighted by Crippen LogP contribution is -2.31. The van der Waals surface area contributed by atoms with Crippen molar-refractivity contribution in [1.29, 1.82) is 0 Å². The van der Waals surface area contributed by atoms with Crippen LogP contribution in [0.3, 0.4) is 0 Å². The maximum absolute atomic E-state index is 13.1. The number of methoxy groups -OCH3 is 2. The number of benzene rings is 2. The monoisotopic (exact) mass is 557 g/mol. The number of ether oxygens (including phenoxy) is 4. The summed E-state index contributed by atoms with van der Waals surface area (Å²) in [4.78, 5) is 18.2. The first-order valence-corrected chi connectivity index (χ1v) is 10.9. The summed E-state index contributed by atoms with van der Waals surface area (Å²) >= 11 is 3.48. The van der Waals surface area contributed by atoms with E-state index < -0.39 is 29.7 Å². The summed E-state index contributed by atoms with van der Waals surface area (Å²) in [5.74, 6) is 0.0317. The molecular weight excluding hydrogens is 539 g/mol. The summed E-state index contributed by atoms with van der Waals surface area (Å²) in [5, 5.41) is 7.55. The fourth-order valence-electron chi connectivity index (χ4n) is 3.77. The minimum atomic E-state index is -4.56. The summed E-state index contributed by atoms with van der Waals surface area (Å²) in [5.41, 5.74) is 1.60. The molecule has 0 saturated heterocycles. The summed E-state index contributed by atoms with van der Waals surface area (Å²) in [7, 11) is 2.91. The Bertz CT molecular complexity index is 1220. The second kappa shape index (κ2) is 9.64. The number of hydrogen-bond donors (Lipinski definition) is 1. The Kier molecular flexibility index (Phi) is 6.79. The smallest absolute Gasteiger partial charge is 0.417 e. The molecule has 2 aliphatic heterocycles. The maximum Gasteiger partial charge on any atom is 0.417 e. The number of nitrogens with zero attached hydrogens (tertiary/aromatic N) is 2. The number of hydrogen-bond acceptors (Lipinski definition) is 8. The van der Waals surface area contributed by atoms with E-state index in [9.17, 15) is 18.0 Å². The van der Waals surface area contributed by atoms with Crippen LogP contribution in [0.4, 0.5) is 13.2 Å². The minimum absolute atomic E-state index is 0.0122. The zero-order valence-corrected chi connectivity index (χ0v) is 20.2. The highest BCUT2D eigenvalue weighted by molar-refractivity contribution is 9.10. The highest BCUT2D eigenvalue weighted by Gasteiger charge is 2.42. The van der Waals surface area contributed by atoms with Crippen molar-refractivity contribution >= 4 is 33.8 Å². The molecule has 13 heteroatoms. The Labute approximate surface area is 205 Å². The molecule has 9 nitrogen and oxygen atoms in total. The third kappa shape index (κ3) is 4.47. The summed E-state index contributed by atoms with van der Waals surface area (Å²) in [6, 6.07) is 4.87. The van der Waals surface area contributed by atoms with E-state index in [1.165, 1.54) is 32.4 Å². The third-order valence-corrected chi connectivity index (χ3v) is 6.20. The van der Waals surface area contributed by atoms with Crippen LogP contribution in [0, 0.1) is 5.92 Å². The summed E-state index contributed by atoms with van der Waals surface area (Å²) in [6.07, 6.45) is -4.42. The van der Waals surface area contributed by atoms with Gasteiger partial charge in [-0.05, 0) is 22.0 Å². The van der Waals surface area contributed by atoms with Gasteiger partial charge in [-0.25, -0.2) is 5.43 Å². The molecule has 186 valence electrons. The van der Waals surface area contributed by atoms with Crippen LogP contribution in [0.2, 0.25) is 0 Å². The molecule has 2 aliphatic rings. The first-order chi connectivity index (χ1) is 16.7. The summed E-state index contributed by atoms with van der Waals surface area (Å²) in [6.45, 7) is 1.67. The van der Waals surface area contributed by atoms with E-state index in [1.807, 2.05) is 0 Å². The van der Waals surface area contributed by atoms with Crippen LogP contribution in [-0.2, 0) is 15.8 Å². The van der Waals surface area contributed by atoms with E-state index in [4.69, 9.17) is 23.8 Å². The predicted octanol–water partition coefficient (Wildman–Crippen LogP) is 4.43. The fourth-order valence-corrected chi connectivity index (χ4v) is 4.51. The number of amides is 1. The van der Waals surface area contributed by atoms with Gasteiger partial charge < -0.3 is 23.8 Å². The van der Waals surface area contributed by atoms with Crippen LogP contribution in [0.15, 0.2) is 39.0 Å². The standard InChI is InChI=1S/C22H19BrF3N3O6/c1-10-15(21(30)28-27-8-11-6-4-5-7-12(11)22(24,25)26)29-35-16(10)13-14(23)18(32-3)20-19(17(13)31-2)33-9-34-20/h4-8,10,16H,9H2,1-3H3,(H,28,30). The van der Waals surface area contributed by atoms with Crippen molar-refractivity contribution in [1.82, 2.24) is 5.43 Å². The largest absolute Gasteiger partial charge is 0.492 e. The van der Waals surface area contributed by atoms with Gasteiger partial charge in [0.05, 0.1) is 42.0 Å². The lowest BCUT2D eigenvalue weighted by molar-refractivity contribution is -0.137. The second-order valence-corrected chi connectivity index (χ2v) is 8.23. The average molecular weight is 558 g/mol. The number of rotatable bonds is 6. The van der Waals surface area contributed by atoms with Crippen molar-refractivity contribution in [2.75, 3.05) is 21.0 Å². The molecule has 2 heterocycles. The van der Waals surface area contributed by atoms with E-state index in [0.717, 1.165) is 12.3 Å².